The molecular weight excluding hydrogens is 246 g/mol. The van der Waals surface area contributed by atoms with Gasteiger partial charge in [0, 0.05) is 30.5 Å². The second kappa shape index (κ2) is 5.71. The van der Waals surface area contributed by atoms with Crippen LogP contribution in [-0.4, -0.2) is 30.5 Å². The van der Waals surface area contributed by atoms with Gasteiger partial charge in [-0.1, -0.05) is 29.8 Å². The highest BCUT2D eigenvalue weighted by atomic mass is 79.9. The van der Waals surface area contributed by atoms with Crippen molar-refractivity contribution in [2.24, 2.45) is 11.8 Å². The first-order valence-corrected chi connectivity index (χ1v) is 6.02. The van der Waals surface area contributed by atoms with E-state index in [9.17, 15) is 4.79 Å². The first kappa shape index (κ1) is 12.0. The molecule has 0 saturated carbocycles. The van der Waals surface area contributed by atoms with Gasteiger partial charge in [0.1, 0.15) is 0 Å². The minimum absolute atomic E-state index is 0.134. The fourth-order valence-corrected chi connectivity index (χ4v) is 1.80. The maximum atomic E-state index is 11.7. The fourth-order valence-electron chi connectivity index (χ4n) is 1.64. The van der Waals surface area contributed by atoms with Gasteiger partial charge in [-0.15, -0.1) is 0 Å². The Bertz CT molecular complexity index is 197. The molecular formula is C10H18BrNO2. The van der Waals surface area contributed by atoms with Gasteiger partial charge in [0.05, 0.1) is 0 Å². The molecule has 0 aliphatic carbocycles. The predicted octanol–water partition coefficient (Wildman–Crippen LogP) is 1.56. The predicted molar refractivity (Wildman–Crippen MR) is 59.5 cm³/mol. The maximum Gasteiger partial charge on any atom is 0.223 e. The highest BCUT2D eigenvalue weighted by Crippen LogP contribution is 2.21. The molecule has 0 aromatic carbocycles. The highest BCUT2D eigenvalue weighted by Gasteiger charge is 2.28. The molecule has 0 aromatic heterocycles. The van der Waals surface area contributed by atoms with E-state index >= 15 is 0 Å². The molecule has 0 spiro atoms. The zero-order valence-electron chi connectivity index (χ0n) is 8.75. The van der Waals surface area contributed by atoms with Crippen molar-refractivity contribution in [2.45, 2.75) is 25.1 Å². The van der Waals surface area contributed by atoms with Crippen LogP contribution in [-0.2, 0) is 9.53 Å². The lowest BCUT2D eigenvalue weighted by Gasteiger charge is -2.27. The third kappa shape index (κ3) is 3.58. The molecule has 3 atom stereocenters. The van der Waals surface area contributed by atoms with Crippen molar-refractivity contribution in [3.05, 3.63) is 0 Å². The molecule has 1 fully saturated rings. The van der Waals surface area contributed by atoms with E-state index in [1.807, 2.05) is 6.92 Å². The Morgan fingerprint density at radius 3 is 3.00 bits per heavy atom. The summed E-state index contributed by atoms with van der Waals surface area (Å²) in [4.78, 5) is 12.1. The molecule has 3 nitrogen and oxygen atoms in total. The van der Waals surface area contributed by atoms with Crippen LogP contribution in [0.5, 0.6) is 0 Å². The van der Waals surface area contributed by atoms with Crippen LogP contribution >= 0.6 is 15.9 Å². The van der Waals surface area contributed by atoms with Crippen molar-refractivity contribution in [1.82, 2.24) is 5.32 Å². The average molecular weight is 264 g/mol. The van der Waals surface area contributed by atoms with E-state index in [-0.39, 0.29) is 11.8 Å². The van der Waals surface area contributed by atoms with Crippen LogP contribution in [0.25, 0.3) is 0 Å². The van der Waals surface area contributed by atoms with Gasteiger partial charge in [-0.2, -0.15) is 0 Å². The zero-order chi connectivity index (χ0) is 10.6. The van der Waals surface area contributed by atoms with Crippen LogP contribution in [0.4, 0.5) is 0 Å². The van der Waals surface area contributed by atoms with Gasteiger partial charge >= 0.3 is 0 Å². The second-order valence-electron chi connectivity index (χ2n) is 3.97. The van der Waals surface area contributed by atoms with Gasteiger partial charge in [-0.25, -0.2) is 0 Å². The SMILES string of the molecule is CC(Br)CNC(=O)C1CCOCC1C. The molecule has 0 radical (unpaired) electrons. The summed E-state index contributed by atoms with van der Waals surface area (Å²) in [6.45, 7) is 6.21. The largest absolute Gasteiger partial charge is 0.381 e. The fraction of sp³-hybridized carbons (Fsp3) is 0.900. The second-order valence-corrected chi connectivity index (χ2v) is 5.54. The Morgan fingerprint density at radius 2 is 2.43 bits per heavy atom. The summed E-state index contributed by atoms with van der Waals surface area (Å²) in [6.07, 6.45) is 0.851. The molecule has 1 heterocycles. The normalized spacial score (nSPS) is 29.6. The summed E-state index contributed by atoms with van der Waals surface area (Å²) in [5, 5.41) is 2.94. The molecule has 1 rings (SSSR count). The smallest absolute Gasteiger partial charge is 0.223 e. The van der Waals surface area contributed by atoms with E-state index in [2.05, 4.69) is 28.2 Å². The molecule has 0 aromatic rings. The van der Waals surface area contributed by atoms with Crippen molar-refractivity contribution in [3.63, 3.8) is 0 Å². The lowest BCUT2D eigenvalue weighted by Crippen LogP contribution is -2.40. The van der Waals surface area contributed by atoms with Gasteiger partial charge in [0.25, 0.3) is 0 Å². The monoisotopic (exact) mass is 263 g/mol. The van der Waals surface area contributed by atoms with Gasteiger partial charge in [0.15, 0.2) is 0 Å². The number of alkyl halides is 1. The number of nitrogens with one attached hydrogen (secondary N) is 1. The molecule has 82 valence electrons. The van der Waals surface area contributed by atoms with Gasteiger partial charge in [0.2, 0.25) is 5.91 Å². The van der Waals surface area contributed by atoms with Gasteiger partial charge in [-0.3, -0.25) is 4.79 Å². The molecule has 1 aliphatic heterocycles. The molecule has 1 amide bonds. The van der Waals surface area contributed by atoms with Crippen molar-refractivity contribution in [2.75, 3.05) is 19.8 Å². The van der Waals surface area contributed by atoms with E-state index in [0.717, 1.165) is 6.42 Å². The van der Waals surface area contributed by atoms with Crippen LogP contribution in [0.15, 0.2) is 0 Å². The Balaban J connectivity index is 2.34. The summed E-state index contributed by atoms with van der Waals surface area (Å²) in [7, 11) is 0. The number of carbonyl (C=O) groups excluding carboxylic acids is 1. The Hall–Kier alpha value is -0.0900. The van der Waals surface area contributed by atoms with Gasteiger partial charge in [-0.05, 0) is 12.3 Å². The van der Waals surface area contributed by atoms with E-state index in [1.165, 1.54) is 0 Å². The topological polar surface area (TPSA) is 38.3 Å². The van der Waals surface area contributed by atoms with Crippen LogP contribution in [0.3, 0.4) is 0 Å². The number of amides is 1. The van der Waals surface area contributed by atoms with Crippen molar-refractivity contribution in [3.8, 4) is 0 Å². The van der Waals surface area contributed by atoms with Gasteiger partial charge < -0.3 is 10.1 Å². The number of carbonyl (C=O) groups is 1. The Labute approximate surface area is 93.7 Å². The summed E-state index contributed by atoms with van der Waals surface area (Å²) in [6, 6.07) is 0. The lowest BCUT2D eigenvalue weighted by atomic mass is 9.89. The van der Waals surface area contributed by atoms with E-state index in [0.29, 0.717) is 30.5 Å². The molecule has 3 unspecified atom stereocenters. The van der Waals surface area contributed by atoms with E-state index in [1.54, 1.807) is 0 Å². The first-order chi connectivity index (χ1) is 6.61. The van der Waals surface area contributed by atoms with E-state index < -0.39 is 0 Å². The minimum Gasteiger partial charge on any atom is -0.381 e. The molecule has 1 N–H and O–H groups in total. The molecule has 1 aliphatic rings. The highest BCUT2D eigenvalue weighted by molar-refractivity contribution is 9.09. The Morgan fingerprint density at radius 1 is 1.71 bits per heavy atom. The third-order valence-corrected chi connectivity index (χ3v) is 2.86. The Kier molecular flexibility index (Phi) is 4.89. The minimum atomic E-state index is 0.134. The van der Waals surface area contributed by atoms with Crippen LogP contribution < -0.4 is 5.32 Å². The number of hydrogen-bond acceptors (Lipinski definition) is 2. The lowest BCUT2D eigenvalue weighted by molar-refractivity contribution is -0.130. The quantitative estimate of drug-likeness (QED) is 0.785. The zero-order valence-corrected chi connectivity index (χ0v) is 10.3. The average Bonchev–Trinajstić information content (AvgIpc) is 2.15. The summed E-state index contributed by atoms with van der Waals surface area (Å²) in [5.41, 5.74) is 0. The van der Waals surface area contributed by atoms with Crippen molar-refractivity contribution < 1.29 is 9.53 Å². The number of ether oxygens (including phenoxy) is 1. The van der Waals surface area contributed by atoms with Crippen molar-refractivity contribution in [1.29, 1.82) is 0 Å². The molecule has 4 heteroatoms. The summed E-state index contributed by atoms with van der Waals surface area (Å²) in [5.74, 6) is 0.650. The molecule has 1 saturated heterocycles. The standard InChI is InChI=1S/C10H18BrNO2/c1-7-6-14-4-3-9(7)10(13)12-5-8(2)11/h7-9H,3-6H2,1-2H3,(H,12,13). The number of rotatable bonds is 3. The third-order valence-electron chi connectivity index (χ3n) is 2.54. The van der Waals surface area contributed by atoms with Crippen LogP contribution in [0.1, 0.15) is 20.3 Å². The summed E-state index contributed by atoms with van der Waals surface area (Å²) >= 11 is 3.40. The number of hydrogen-bond donors (Lipinski definition) is 1. The maximum absolute atomic E-state index is 11.7. The van der Waals surface area contributed by atoms with E-state index in [4.69, 9.17) is 4.74 Å². The summed E-state index contributed by atoms with van der Waals surface area (Å²) < 4.78 is 5.30. The molecule has 0 bridgehead atoms. The van der Waals surface area contributed by atoms with Crippen LogP contribution in [0.2, 0.25) is 0 Å². The first-order valence-electron chi connectivity index (χ1n) is 5.10. The number of halogens is 1. The van der Waals surface area contributed by atoms with Crippen LogP contribution in [0, 0.1) is 11.8 Å². The van der Waals surface area contributed by atoms with Crippen molar-refractivity contribution >= 4 is 21.8 Å². The molecule has 14 heavy (non-hydrogen) atoms.